The van der Waals surface area contributed by atoms with E-state index in [9.17, 15) is 8.42 Å². The van der Waals surface area contributed by atoms with Gasteiger partial charge in [-0.3, -0.25) is 0 Å². The normalized spacial score (nSPS) is 22.2. The molecule has 6 heteroatoms. The molecule has 1 aromatic rings. The van der Waals surface area contributed by atoms with Crippen LogP contribution in [-0.4, -0.2) is 20.0 Å². The Hall–Kier alpha value is -0.980. The molecule has 0 aromatic heterocycles. The Morgan fingerprint density at radius 3 is 2.63 bits per heavy atom. The first-order valence-corrected chi connectivity index (χ1v) is 8.10. The second-order valence-electron chi connectivity index (χ2n) is 5.17. The van der Waals surface area contributed by atoms with Gasteiger partial charge in [0, 0.05) is 12.1 Å². The minimum Gasteiger partial charge on any atom is -0.389 e. The lowest BCUT2D eigenvalue weighted by molar-refractivity contribution is 0.574. The molecule has 0 spiro atoms. The van der Waals surface area contributed by atoms with Crippen LogP contribution in [0.3, 0.4) is 0 Å². The van der Waals surface area contributed by atoms with Crippen LogP contribution in [-0.2, 0) is 10.0 Å². The molecule has 0 saturated heterocycles. The SMILES string of the molecule is Cc1cc(C(N)=S)ccc1S(=O)(=O)NCC1CC1C. The number of benzene rings is 1. The van der Waals surface area contributed by atoms with E-state index in [2.05, 4.69) is 11.6 Å². The topological polar surface area (TPSA) is 72.2 Å². The van der Waals surface area contributed by atoms with Crippen molar-refractivity contribution in [3.05, 3.63) is 29.3 Å². The molecule has 2 unspecified atom stereocenters. The molecule has 1 aromatic carbocycles. The van der Waals surface area contributed by atoms with Gasteiger partial charge in [-0.25, -0.2) is 13.1 Å². The molecule has 19 heavy (non-hydrogen) atoms. The van der Waals surface area contributed by atoms with Crippen LogP contribution >= 0.6 is 12.2 Å². The summed E-state index contributed by atoms with van der Waals surface area (Å²) in [6.07, 6.45) is 1.10. The summed E-state index contributed by atoms with van der Waals surface area (Å²) in [4.78, 5) is 0.563. The van der Waals surface area contributed by atoms with Gasteiger partial charge in [0.2, 0.25) is 10.0 Å². The zero-order chi connectivity index (χ0) is 14.2. The van der Waals surface area contributed by atoms with E-state index in [1.165, 1.54) is 0 Å². The maximum atomic E-state index is 12.2. The summed E-state index contributed by atoms with van der Waals surface area (Å²) in [6.45, 7) is 4.39. The van der Waals surface area contributed by atoms with Crippen molar-refractivity contribution in [2.24, 2.45) is 17.6 Å². The Kier molecular flexibility index (Phi) is 3.94. The Morgan fingerprint density at radius 2 is 2.16 bits per heavy atom. The largest absolute Gasteiger partial charge is 0.389 e. The summed E-state index contributed by atoms with van der Waals surface area (Å²) in [5, 5.41) is 0. The van der Waals surface area contributed by atoms with E-state index < -0.39 is 10.0 Å². The summed E-state index contributed by atoms with van der Waals surface area (Å²) in [5.74, 6) is 1.10. The molecular formula is C13H18N2O2S2. The third kappa shape index (κ3) is 3.32. The second kappa shape index (κ2) is 5.19. The highest BCUT2D eigenvalue weighted by molar-refractivity contribution is 7.89. The van der Waals surface area contributed by atoms with Gasteiger partial charge in [-0.1, -0.05) is 25.2 Å². The monoisotopic (exact) mass is 298 g/mol. The van der Waals surface area contributed by atoms with Gasteiger partial charge < -0.3 is 5.73 Å². The lowest BCUT2D eigenvalue weighted by atomic mass is 10.1. The average Bonchev–Trinajstić information content (AvgIpc) is 3.02. The molecule has 2 rings (SSSR count). The minimum absolute atomic E-state index is 0.270. The smallest absolute Gasteiger partial charge is 0.240 e. The fraction of sp³-hybridized carbons (Fsp3) is 0.462. The van der Waals surface area contributed by atoms with Crippen molar-refractivity contribution in [3.8, 4) is 0 Å². The third-order valence-electron chi connectivity index (χ3n) is 3.56. The average molecular weight is 298 g/mol. The van der Waals surface area contributed by atoms with E-state index in [4.69, 9.17) is 18.0 Å². The van der Waals surface area contributed by atoms with Gasteiger partial charge in [0.15, 0.2) is 0 Å². The predicted molar refractivity (Wildman–Crippen MR) is 79.5 cm³/mol. The number of rotatable bonds is 5. The number of aryl methyl sites for hydroxylation is 1. The van der Waals surface area contributed by atoms with Gasteiger partial charge in [0.1, 0.15) is 4.99 Å². The zero-order valence-corrected chi connectivity index (χ0v) is 12.6. The number of nitrogens with one attached hydrogen (secondary N) is 1. The minimum atomic E-state index is -3.45. The summed E-state index contributed by atoms with van der Waals surface area (Å²) < 4.78 is 27.1. The molecule has 1 aliphatic carbocycles. The first-order valence-electron chi connectivity index (χ1n) is 6.21. The van der Waals surface area contributed by atoms with Crippen molar-refractivity contribution in [2.45, 2.75) is 25.2 Å². The highest BCUT2D eigenvalue weighted by Gasteiger charge is 2.33. The van der Waals surface area contributed by atoms with E-state index in [0.717, 1.165) is 6.42 Å². The summed E-state index contributed by atoms with van der Waals surface area (Å²) >= 11 is 4.88. The molecule has 104 valence electrons. The van der Waals surface area contributed by atoms with Crippen molar-refractivity contribution < 1.29 is 8.42 Å². The molecule has 0 aliphatic heterocycles. The van der Waals surface area contributed by atoms with Crippen LogP contribution in [0.2, 0.25) is 0 Å². The number of nitrogens with two attached hydrogens (primary N) is 1. The van der Waals surface area contributed by atoms with Crippen LogP contribution in [0.15, 0.2) is 23.1 Å². The molecule has 4 nitrogen and oxygen atoms in total. The standard InChI is InChI=1S/C13H18N2O2S2/c1-8-5-11(8)7-15-19(16,17)12-4-3-10(13(14)18)6-9(12)2/h3-4,6,8,11,15H,5,7H2,1-2H3,(H2,14,18). The summed E-state index contributed by atoms with van der Waals surface area (Å²) in [6, 6.07) is 4.91. The van der Waals surface area contributed by atoms with Crippen LogP contribution in [0, 0.1) is 18.8 Å². The highest BCUT2D eigenvalue weighted by atomic mass is 32.2. The van der Waals surface area contributed by atoms with Gasteiger partial charge in [-0.15, -0.1) is 0 Å². The molecule has 1 saturated carbocycles. The molecule has 2 atom stereocenters. The van der Waals surface area contributed by atoms with Crippen LogP contribution in [0.25, 0.3) is 0 Å². The molecule has 0 heterocycles. The lowest BCUT2D eigenvalue weighted by Gasteiger charge is -2.10. The van der Waals surface area contributed by atoms with E-state index in [-0.39, 0.29) is 4.99 Å². The summed E-state index contributed by atoms with van der Waals surface area (Å²) in [7, 11) is -3.45. The molecule has 0 bridgehead atoms. The Morgan fingerprint density at radius 1 is 1.53 bits per heavy atom. The fourth-order valence-electron chi connectivity index (χ4n) is 2.08. The molecular weight excluding hydrogens is 280 g/mol. The first kappa shape index (κ1) is 14.4. The number of hydrogen-bond donors (Lipinski definition) is 2. The number of hydrogen-bond acceptors (Lipinski definition) is 3. The zero-order valence-electron chi connectivity index (χ0n) is 11.0. The third-order valence-corrected chi connectivity index (χ3v) is 5.38. The van der Waals surface area contributed by atoms with E-state index in [1.807, 2.05) is 0 Å². The molecule has 0 radical (unpaired) electrons. The molecule has 0 amide bonds. The molecule has 3 N–H and O–H groups in total. The van der Waals surface area contributed by atoms with Crippen LogP contribution in [0.5, 0.6) is 0 Å². The van der Waals surface area contributed by atoms with Crippen molar-refractivity contribution in [3.63, 3.8) is 0 Å². The van der Waals surface area contributed by atoms with E-state index >= 15 is 0 Å². The molecule has 1 aliphatic rings. The highest BCUT2D eigenvalue weighted by Crippen LogP contribution is 2.37. The Bertz CT molecular complexity index is 611. The maximum absolute atomic E-state index is 12.2. The predicted octanol–water partition coefficient (Wildman–Crippen LogP) is 1.56. The van der Waals surface area contributed by atoms with Crippen LogP contribution in [0.4, 0.5) is 0 Å². The number of sulfonamides is 1. The van der Waals surface area contributed by atoms with Gasteiger partial charge in [-0.2, -0.15) is 0 Å². The van der Waals surface area contributed by atoms with Gasteiger partial charge >= 0.3 is 0 Å². The number of thiocarbonyl (C=S) groups is 1. The van der Waals surface area contributed by atoms with Crippen LogP contribution < -0.4 is 10.5 Å². The Balaban J connectivity index is 2.17. The van der Waals surface area contributed by atoms with Crippen molar-refractivity contribution in [1.29, 1.82) is 0 Å². The van der Waals surface area contributed by atoms with Crippen molar-refractivity contribution in [1.82, 2.24) is 4.72 Å². The van der Waals surface area contributed by atoms with Crippen LogP contribution in [0.1, 0.15) is 24.5 Å². The second-order valence-corrected chi connectivity index (χ2v) is 7.34. The van der Waals surface area contributed by atoms with Crippen molar-refractivity contribution in [2.75, 3.05) is 6.54 Å². The lowest BCUT2D eigenvalue weighted by Crippen LogP contribution is -2.27. The van der Waals surface area contributed by atoms with E-state index in [1.54, 1.807) is 25.1 Å². The Labute approximate surface area is 119 Å². The van der Waals surface area contributed by atoms with Gasteiger partial charge in [0.05, 0.1) is 4.90 Å². The van der Waals surface area contributed by atoms with Gasteiger partial charge in [-0.05, 0) is 42.9 Å². The van der Waals surface area contributed by atoms with E-state index in [0.29, 0.717) is 34.4 Å². The fourth-order valence-corrected chi connectivity index (χ4v) is 3.53. The maximum Gasteiger partial charge on any atom is 0.240 e. The summed E-state index contributed by atoms with van der Waals surface area (Å²) in [5.41, 5.74) is 6.87. The quantitative estimate of drug-likeness (QED) is 0.809. The molecule has 1 fully saturated rings. The van der Waals surface area contributed by atoms with Gasteiger partial charge in [0.25, 0.3) is 0 Å². The first-order chi connectivity index (χ1) is 8.81. The van der Waals surface area contributed by atoms with Crippen molar-refractivity contribution >= 4 is 27.2 Å².